The van der Waals surface area contributed by atoms with Crippen LogP contribution < -0.4 is 10.1 Å². The van der Waals surface area contributed by atoms with Crippen LogP contribution in [0.15, 0.2) is 30.3 Å². The Bertz CT molecular complexity index is 830. The third-order valence-corrected chi connectivity index (χ3v) is 3.82. The summed E-state index contributed by atoms with van der Waals surface area (Å²) < 4.78 is 48.5. The molecule has 0 aliphatic carbocycles. The van der Waals surface area contributed by atoms with Gasteiger partial charge in [-0.1, -0.05) is 11.6 Å². The molecule has 0 fully saturated rings. The summed E-state index contributed by atoms with van der Waals surface area (Å²) >= 11 is 5.88. The summed E-state index contributed by atoms with van der Waals surface area (Å²) in [5, 5.41) is 12.5. The highest BCUT2D eigenvalue weighted by molar-refractivity contribution is 6.32. The lowest BCUT2D eigenvalue weighted by Gasteiger charge is -2.16. The number of ether oxygens (including phenoxy) is 1. The molecule has 0 atom stereocenters. The van der Waals surface area contributed by atoms with Gasteiger partial charge in [0.15, 0.2) is 0 Å². The fourth-order valence-corrected chi connectivity index (χ4v) is 2.61. The van der Waals surface area contributed by atoms with Crippen LogP contribution in [0, 0.1) is 0 Å². The molecule has 0 amide bonds. The summed E-state index contributed by atoms with van der Waals surface area (Å²) in [5.41, 5.74) is -0.365. The van der Waals surface area contributed by atoms with Crippen molar-refractivity contribution in [3.8, 4) is 11.5 Å². The Balaban J connectivity index is 2.27. The average molecular weight is 388 g/mol. The van der Waals surface area contributed by atoms with E-state index in [-0.39, 0.29) is 34.2 Å². The molecule has 0 aliphatic heterocycles. The number of aromatic hydroxyl groups is 1. The predicted molar refractivity (Wildman–Crippen MR) is 92.4 cm³/mol. The van der Waals surface area contributed by atoms with Crippen LogP contribution in [0.1, 0.15) is 21.5 Å². The third-order valence-electron chi connectivity index (χ3n) is 3.54. The number of phenols is 1. The Hall–Kier alpha value is -2.55. The van der Waals surface area contributed by atoms with Crippen molar-refractivity contribution in [3.05, 3.63) is 52.0 Å². The first-order valence-electron chi connectivity index (χ1n) is 7.26. The Kier molecular flexibility index (Phi) is 5.92. The molecule has 10 heteroatoms. The number of halogens is 4. The van der Waals surface area contributed by atoms with Gasteiger partial charge in [0.05, 0.1) is 23.3 Å². The highest BCUT2D eigenvalue weighted by atomic mass is 35.5. The minimum absolute atomic E-state index is 0.0299. The van der Waals surface area contributed by atoms with Gasteiger partial charge in [-0.25, -0.2) is 4.79 Å². The Morgan fingerprint density at radius 2 is 2.00 bits per heavy atom. The van der Waals surface area contributed by atoms with E-state index in [1.165, 1.54) is 33.4 Å². The van der Waals surface area contributed by atoms with Gasteiger partial charge >= 0.3 is 20.2 Å². The van der Waals surface area contributed by atoms with Crippen LogP contribution in [0.4, 0.5) is 18.9 Å². The summed E-state index contributed by atoms with van der Waals surface area (Å²) in [6.07, 6.45) is -4.55. The van der Waals surface area contributed by atoms with E-state index in [0.29, 0.717) is 5.69 Å². The number of carbonyl (C=O) groups excluding carboxylic acids is 1. The number of hydrogen-bond donors (Lipinski definition) is 2. The molecule has 2 aromatic carbocycles. The van der Waals surface area contributed by atoms with E-state index in [2.05, 4.69) is 9.97 Å². The standard InChI is InChI=1S/C16H14BClF3NO4/c1-25-14-8(4-9(5-12(14)18)16(19,20)21)7-22-10-2-3-11(13(23)6-10)15(24)26-17/h2-6,22-23H,7,17H2,1H3. The van der Waals surface area contributed by atoms with Gasteiger partial charge in [-0.15, -0.1) is 0 Å². The van der Waals surface area contributed by atoms with Gasteiger partial charge in [0.25, 0.3) is 0 Å². The summed E-state index contributed by atoms with van der Waals surface area (Å²) in [6, 6.07) is 5.79. The Morgan fingerprint density at radius 3 is 2.54 bits per heavy atom. The number of hydrogen-bond acceptors (Lipinski definition) is 5. The van der Waals surface area contributed by atoms with Gasteiger partial charge in [-0.2, -0.15) is 13.2 Å². The number of rotatable bonds is 5. The minimum Gasteiger partial charge on any atom is -0.540 e. The highest BCUT2D eigenvalue weighted by Gasteiger charge is 2.32. The van der Waals surface area contributed by atoms with E-state index in [9.17, 15) is 23.1 Å². The second-order valence-electron chi connectivity index (χ2n) is 5.23. The molecule has 138 valence electrons. The van der Waals surface area contributed by atoms with Gasteiger partial charge < -0.3 is 19.8 Å². The van der Waals surface area contributed by atoms with Crippen LogP contribution in [-0.2, 0) is 17.4 Å². The number of benzene rings is 2. The summed E-state index contributed by atoms with van der Waals surface area (Å²) in [7, 11) is 2.48. The van der Waals surface area contributed by atoms with Crippen molar-refractivity contribution in [1.82, 2.24) is 0 Å². The van der Waals surface area contributed by atoms with E-state index < -0.39 is 17.7 Å². The molecule has 5 nitrogen and oxygen atoms in total. The smallest absolute Gasteiger partial charge is 0.416 e. The molecule has 2 aromatic rings. The van der Waals surface area contributed by atoms with Gasteiger partial charge in [0, 0.05) is 23.9 Å². The van der Waals surface area contributed by atoms with Crippen molar-refractivity contribution in [1.29, 1.82) is 0 Å². The average Bonchev–Trinajstić information content (AvgIpc) is 2.58. The maximum Gasteiger partial charge on any atom is 0.416 e. The van der Waals surface area contributed by atoms with Crippen LogP contribution in [0.5, 0.6) is 11.5 Å². The van der Waals surface area contributed by atoms with Crippen molar-refractivity contribution < 1.29 is 32.5 Å². The molecule has 0 radical (unpaired) electrons. The Labute approximate surface area is 153 Å². The van der Waals surface area contributed by atoms with Crippen molar-refractivity contribution in [2.75, 3.05) is 12.4 Å². The van der Waals surface area contributed by atoms with E-state index in [4.69, 9.17) is 16.3 Å². The fourth-order valence-electron chi connectivity index (χ4n) is 2.30. The number of carbonyl (C=O) groups is 1. The van der Waals surface area contributed by atoms with Crippen molar-refractivity contribution >= 4 is 31.3 Å². The van der Waals surface area contributed by atoms with Crippen molar-refractivity contribution in [3.63, 3.8) is 0 Å². The summed E-state index contributed by atoms with van der Waals surface area (Å²) in [4.78, 5) is 11.4. The molecule has 2 rings (SSSR count). The zero-order chi connectivity index (χ0) is 19.5. The molecular formula is C16H14BClF3NO4. The number of phenolic OH excluding ortho intramolecular Hbond substituents is 1. The van der Waals surface area contributed by atoms with Crippen LogP contribution in [0.3, 0.4) is 0 Å². The summed E-state index contributed by atoms with van der Waals surface area (Å²) in [6.45, 7) is -0.0518. The zero-order valence-electron chi connectivity index (χ0n) is 13.8. The number of methoxy groups -OCH3 is 1. The fraction of sp³-hybridized carbons (Fsp3) is 0.188. The Morgan fingerprint density at radius 1 is 1.31 bits per heavy atom. The molecule has 0 aromatic heterocycles. The molecule has 2 N–H and O–H groups in total. The molecular weight excluding hydrogens is 373 g/mol. The van der Waals surface area contributed by atoms with E-state index >= 15 is 0 Å². The molecule has 0 spiro atoms. The van der Waals surface area contributed by atoms with E-state index in [1.807, 2.05) is 0 Å². The largest absolute Gasteiger partial charge is 0.540 e. The molecule has 0 aliphatic rings. The lowest BCUT2D eigenvalue weighted by Crippen LogP contribution is -2.09. The molecule has 0 heterocycles. The number of alkyl halides is 3. The van der Waals surface area contributed by atoms with E-state index in [0.717, 1.165) is 12.1 Å². The maximum absolute atomic E-state index is 13.0. The molecule has 0 bridgehead atoms. The second kappa shape index (κ2) is 7.78. The van der Waals surface area contributed by atoms with Crippen LogP contribution >= 0.6 is 11.6 Å². The van der Waals surface area contributed by atoms with Crippen molar-refractivity contribution in [2.45, 2.75) is 12.7 Å². The topological polar surface area (TPSA) is 67.8 Å². The molecule has 0 unspecified atom stereocenters. The highest BCUT2D eigenvalue weighted by Crippen LogP contribution is 2.37. The van der Waals surface area contributed by atoms with Gasteiger partial charge in [-0.05, 0) is 24.3 Å². The van der Waals surface area contributed by atoms with Gasteiger partial charge in [-0.3, -0.25) is 0 Å². The first-order valence-corrected chi connectivity index (χ1v) is 7.64. The second-order valence-corrected chi connectivity index (χ2v) is 5.63. The lowest BCUT2D eigenvalue weighted by atomic mass is 10.1. The van der Waals surface area contributed by atoms with Crippen LogP contribution in [0.25, 0.3) is 0 Å². The first kappa shape index (κ1) is 19.8. The SMILES string of the molecule is BOC(=O)c1ccc(NCc2cc(C(F)(F)F)cc(Cl)c2OC)cc1O. The molecule has 0 saturated carbocycles. The normalized spacial score (nSPS) is 11.1. The monoisotopic (exact) mass is 387 g/mol. The quantitative estimate of drug-likeness (QED) is 0.770. The van der Waals surface area contributed by atoms with Crippen LogP contribution in [-0.4, -0.2) is 26.2 Å². The summed E-state index contributed by atoms with van der Waals surface area (Å²) in [5.74, 6) is -0.918. The van der Waals surface area contributed by atoms with Gasteiger partial charge in [0.1, 0.15) is 11.5 Å². The number of anilines is 1. The zero-order valence-corrected chi connectivity index (χ0v) is 14.5. The molecule has 0 saturated heterocycles. The van der Waals surface area contributed by atoms with E-state index in [1.54, 1.807) is 0 Å². The van der Waals surface area contributed by atoms with Crippen LogP contribution in [0.2, 0.25) is 5.02 Å². The number of nitrogens with one attached hydrogen (secondary N) is 1. The van der Waals surface area contributed by atoms with Crippen molar-refractivity contribution in [2.24, 2.45) is 0 Å². The molecule has 26 heavy (non-hydrogen) atoms. The van der Waals surface area contributed by atoms with Gasteiger partial charge in [0.2, 0.25) is 0 Å². The first-order chi connectivity index (χ1) is 12.2. The lowest BCUT2D eigenvalue weighted by molar-refractivity contribution is -0.137. The minimum atomic E-state index is -4.55. The maximum atomic E-state index is 13.0. The predicted octanol–water partition coefficient (Wildman–Crippen LogP) is 3.39. The third kappa shape index (κ3) is 4.34.